The van der Waals surface area contributed by atoms with Gasteiger partial charge in [0.05, 0.1) is 19.6 Å². The normalized spacial score (nSPS) is 14.0. The molecule has 0 saturated carbocycles. The highest BCUT2D eigenvalue weighted by molar-refractivity contribution is 5.94. The molecular formula is C23H25F2N3O4. The Morgan fingerprint density at radius 2 is 1.72 bits per heavy atom. The molecule has 0 radical (unpaired) electrons. The molecule has 2 N–H and O–H groups in total. The number of halogens is 2. The fraction of sp³-hybridized carbons (Fsp3) is 0.348. The lowest BCUT2D eigenvalue weighted by Crippen LogP contribution is -2.44. The van der Waals surface area contributed by atoms with E-state index in [2.05, 4.69) is 10.6 Å². The molecule has 0 aromatic heterocycles. The summed E-state index contributed by atoms with van der Waals surface area (Å²) in [5.41, 5.74) is 0.103. The van der Waals surface area contributed by atoms with Crippen LogP contribution in [0.25, 0.3) is 0 Å². The highest BCUT2D eigenvalue weighted by Crippen LogP contribution is 2.18. The SMILES string of the molecule is O=C(CNC(=O)C1CCN(C(=O)CCOc2ccccc2)CC1)Nc1ccc(F)c(F)c1. The summed E-state index contributed by atoms with van der Waals surface area (Å²) in [4.78, 5) is 38.3. The van der Waals surface area contributed by atoms with Gasteiger partial charge in [-0.3, -0.25) is 14.4 Å². The zero-order valence-electron chi connectivity index (χ0n) is 17.5. The van der Waals surface area contributed by atoms with E-state index in [0.717, 1.165) is 12.1 Å². The van der Waals surface area contributed by atoms with Crippen molar-refractivity contribution in [2.75, 3.05) is 31.6 Å². The van der Waals surface area contributed by atoms with Gasteiger partial charge in [0, 0.05) is 30.8 Å². The van der Waals surface area contributed by atoms with E-state index in [1.165, 1.54) is 6.07 Å². The minimum atomic E-state index is -1.07. The number of amides is 3. The summed E-state index contributed by atoms with van der Waals surface area (Å²) in [7, 11) is 0. The number of hydrogen-bond acceptors (Lipinski definition) is 4. The third-order valence-electron chi connectivity index (χ3n) is 5.17. The van der Waals surface area contributed by atoms with Crippen molar-refractivity contribution < 1.29 is 27.9 Å². The Bertz CT molecular complexity index is 948. The Morgan fingerprint density at radius 1 is 1.00 bits per heavy atom. The van der Waals surface area contributed by atoms with E-state index in [-0.39, 0.29) is 43.0 Å². The topological polar surface area (TPSA) is 87.7 Å². The molecule has 0 bridgehead atoms. The summed E-state index contributed by atoms with van der Waals surface area (Å²) in [6.45, 7) is 0.927. The second-order valence-electron chi connectivity index (χ2n) is 7.46. The molecule has 3 amide bonds. The van der Waals surface area contributed by atoms with Gasteiger partial charge in [0.2, 0.25) is 17.7 Å². The van der Waals surface area contributed by atoms with Gasteiger partial charge >= 0.3 is 0 Å². The molecule has 2 aromatic rings. The van der Waals surface area contributed by atoms with Crippen LogP contribution >= 0.6 is 0 Å². The Kier molecular flexibility index (Phi) is 8.13. The van der Waals surface area contributed by atoms with Crippen molar-refractivity contribution in [3.8, 4) is 5.75 Å². The van der Waals surface area contributed by atoms with Crippen molar-refractivity contribution in [2.45, 2.75) is 19.3 Å². The molecule has 1 saturated heterocycles. The summed E-state index contributed by atoms with van der Waals surface area (Å²) in [5.74, 6) is -2.50. The summed E-state index contributed by atoms with van der Waals surface area (Å²) in [5, 5.41) is 4.95. The van der Waals surface area contributed by atoms with Gasteiger partial charge in [-0.1, -0.05) is 18.2 Å². The lowest BCUT2D eigenvalue weighted by molar-refractivity contribution is -0.136. The molecule has 2 aromatic carbocycles. The summed E-state index contributed by atoms with van der Waals surface area (Å²) in [6, 6.07) is 12.3. The van der Waals surface area contributed by atoms with Crippen molar-refractivity contribution in [1.29, 1.82) is 0 Å². The number of carbonyl (C=O) groups is 3. The quantitative estimate of drug-likeness (QED) is 0.654. The first-order chi connectivity index (χ1) is 15.4. The number of nitrogens with one attached hydrogen (secondary N) is 2. The number of carbonyl (C=O) groups excluding carboxylic acids is 3. The minimum absolute atomic E-state index is 0.0225. The van der Waals surface area contributed by atoms with Gasteiger partial charge in [-0.2, -0.15) is 0 Å². The largest absolute Gasteiger partial charge is 0.493 e. The fourth-order valence-electron chi connectivity index (χ4n) is 3.41. The van der Waals surface area contributed by atoms with Crippen LogP contribution in [0, 0.1) is 17.6 Å². The number of anilines is 1. The Morgan fingerprint density at radius 3 is 2.41 bits per heavy atom. The van der Waals surface area contributed by atoms with Crippen LogP contribution in [-0.4, -0.2) is 48.9 Å². The van der Waals surface area contributed by atoms with Crippen molar-refractivity contribution in [3.63, 3.8) is 0 Å². The molecular weight excluding hydrogens is 420 g/mol. The minimum Gasteiger partial charge on any atom is -0.493 e. The first-order valence-electron chi connectivity index (χ1n) is 10.4. The van der Waals surface area contributed by atoms with Crippen LogP contribution in [0.15, 0.2) is 48.5 Å². The van der Waals surface area contributed by atoms with Crippen LogP contribution in [0.1, 0.15) is 19.3 Å². The molecule has 3 rings (SSSR count). The number of piperidine rings is 1. The molecule has 9 heteroatoms. The Hall–Kier alpha value is -3.49. The predicted octanol–water partition coefficient (Wildman–Crippen LogP) is 2.73. The first kappa shape index (κ1) is 23.2. The van der Waals surface area contributed by atoms with Crippen LogP contribution in [0.2, 0.25) is 0 Å². The van der Waals surface area contributed by atoms with Crippen LogP contribution in [0.5, 0.6) is 5.75 Å². The lowest BCUT2D eigenvalue weighted by atomic mass is 9.95. The molecule has 1 aliphatic heterocycles. The maximum atomic E-state index is 13.2. The second-order valence-corrected chi connectivity index (χ2v) is 7.46. The number of likely N-dealkylation sites (tertiary alicyclic amines) is 1. The molecule has 0 unspecified atom stereocenters. The highest BCUT2D eigenvalue weighted by atomic mass is 19.2. The monoisotopic (exact) mass is 445 g/mol. The first-order valence-corrected chi connectivity index (χ1v) is 10.4. The number of para-hydroxylation sites is 1. The Labute approximate surface area is 184 Å². The van der Waals surface area contributed by atoms with E-state index >= 15 is 0 Å². The maximum Gasteiger partial charge on any atom is 0.243 e. The predicted molar refractivity (Wildman–Crippen MR) is 114 cm³/mol. The van der Waals surface area contributed by atoms with Crippen molar-refractivity contribution >= 4 is 23.4 Å². The van der Waals surface area contributed by atoms with Crippen LogP contribution in [-0.2, 0) is 14.4 Å². The number of hydrogen-bond donors (Lipinski definition) is 2. The summed E-state index contributed by atoms with van der Waals surface area (Å²) >= 11 is 0. The van der Waals surface area contributed by atoms with Crippen molar-refractivity contribution in [2.24, 2.45) is 5.92 Å². The molecule has 1 heterocycles. The van der Waals surface area contributed by atoms with Crippen LogP contribution < -0.4 is 15.4 Å². The number of nitrogens with zero attached hydrogens (tertiary/aromatic N) is 1. The van der Waals surface area contributed by atoms with E-state index in [9.17, 15) is 23.2 Å². The maximum absolute atomic E-state index is 13.2. The highest BCUT2D eigenvalue weighted by Gasteiger charge is 2.27. The molecule has 1 aliphatic rings. The van der Waals surface area contributed by atoms with Gasteiger partial charge in [0.15, 0.2) is 11.6 Å². The lowest BCUT2D eigenvalue weighted by Gasteiger charge is -2.31. The average Bonchev–Trinajstić information content (AvgIpc) is 2.80. The second kappa shape index (κ2) is 11.2. The smallest absolute Gasteiger partial charge is 0.243 e. The van der Waals surface area contributed by atoms with Gasteiger partial charge in [0.1, 0.15) is 5.75 Å². The fourth-order valence-corrected chi connectivity index (χ4v) is 3.41. The molecule has 1 fully saturated rings. The van der Waals surface area contributed by atoms with Gasteiger partial charge < -0.3 is 20.3 Å². The zero-order chi connectivity index (χ0) is 22.9. The van der Waals surface area contributed by atoms with Crippen LogP contribution in [0.4, 0.5) is 14.5 Å². The zero-order valence-corrected chi connectivity index (χ0v) is 17.5. The third kappa shape index (κ3) is 6.76. The molecule has 170 valence electrons. The van der Waals surface area contributed by atoms with E-state index < -0.39 is 17.5 Å². The Balaban J connectivity index is 1.34. The standard InChI is InChI=1S/C23H25F2N3O4/c24-19-7-6-17(14-20(19)25)27-21(29)15-26-23(31)16-8-11-28(12-9-16)22(30)10-13-32-18-4-2-1-3-5-18/h1-7,14,16H,8-13,15H2,(H,26,31)(H,27,29). The van der Waals surface area contributed by atoms with Gasteiger partial charge in [-0.05, 0) is 37.1 Å². The molecule has 0 spiro atoms. The van der Waals surface area contributed by atoms with E-state index in [1.807, 2.05) is 30.3 Å². The molecule has 32 heavy (non-hydrogen) atoms. The van der Waals surface area contributed by atoms with Gasteiger partial charge in [-0.25, -0.2) is 8.78 Å². The van der Waals surface area contributed by atoms with Gasteiger partial charge in [-0.15, -0.1) is 0 Å². The summed E-state index contributed by atoms with van der Waals surface area (Å²) in [6.07, 6.45) is 1.26. The number of ether oxygens (including phenoxy) is 1. The number of benzene rings is 2. The molecule has 0 atom stereocenters. The average molecular weight is 445 g/mol. The third-order valence-corrected chi connectivity index (χ3v) is 5.17. The van der Waals surface area contributed by atoms with Crippen molar-refractivity contribution in [3.05, 3.63) is 60.2 Å². The van der Waals surface area contributed by atoms with E-state index in [1.54, 1.807) is 4.90 Å². The summed E-state index contributed by atoms with van der Waals surface area (Å²) < 4.78 is 31.7. The number of rotatable bonds is 8. The molecule has 0 aliphatic carbocycles. The van der Waals surface area contributed by atoms with E-state index in [4.69, 9.17) is 4.74 Å². The van der Waals surface area contributed by atoms with Gasteiger partial charge in [0.25, 0.3) is 0 Å². The van der Waals surface area contributed by atoms with Crippen molar-refractivity contribution in [1.82, 2.24) is 10.2 Å². The van der Waals surface area contributed by atoms with E-state index in [0.29, 0.717) is 31.7 Å². The van der Waals surface area contributed by atoms with Crippen LogP contribution in [0.3, 0.4) is 0 Å². The molecule has 7 nitrogen and oxygen atoms in total.